The van der Waals surface area contributed by atoms with Crippen molar-refractivity contribution in [2.75, 3.05) is 0 Å². The molecule has 5 atom stereocenters. The summed E-state index contributed by atoms with van der Waals surface area (Å²) in [5.74, 6) is 0. The summed E-state index contributed by atoms with van der Waals surface area (Å²) in [6, 6.07) is 0. The molecule has 0 aromatic carbocycles. The first-order valence-electron chi connectivity index (χ1n) is 3.41. The third kappa shape index (κ3) is 1.52. The zero-order valence-electron chi connectivity index (χ0n) is 6.08. The molecule has 0 aromatic heterocycles. The molecule has 11 heavy (non-hydrogen) atoms. The fourth-order valence-electron chi connectivity index (χ4n) is 1.03. The van der Waals surface area contributed by atoms with Crippen molar-refractivity contribution in [2.24, 2.45) is 0 Å². The summed E-state index contributed by atoms with van der Waals surface area (Å²) in [6.45, 7) is 1.50. The van der Waals surface area contributed by atoms with Crippen molar-refractivity contribution >= 4 is 0 Å². The number of aliphatic hydroxyl groups excluding tert-OH is 4. The van der Waals surface area contributed by atoms with Gasteiger partial charge in [0, 0.05) is 0 Å². The van der Waals surface area contributed by atoms with E-state index < -0.39 is 30.7 Å². The van der Waals surface area contributed by atoms with Crippen molar-refractivity contribution in [2.45, 2.75) is 37.6 Å². The van der Waals surface area contributed by atoms with Crippen molar-refractivity contribution in [3.8, 4) is 0 Å². The summed E-state index contributed by atoms with van der Waals surface area (Å²) in [5.41, 5.74) is 0. The zero-order valence-corrected chi connectivity index (χ0v) is 6.08. The standard InChI is InChI=1S/C6H12O5/c1-2-3(7)4(8)5(9)6(10)11-2/h2-10H,1H3/t2?,3-,4-,5+,6?/m0/s1. The van der Waals surface area contributed by atoms with Crippen LogP contribution in [0.5, 0.6) is 0 Å². The first-order valence-corrected chi connectivity index (χ1v) is 3.41. The Kier molecular flexibility index (Phi) is 2.46. The van der Waals surface area contributed by atoms with Crippen molar-refractivity contribution in [1.82, 2.24) is 0 Å². The molecule has 66 valence electrons. The zero-order chi connectivity index (χ0) is 8.59. The van der Waals surface area contributed by atoms with Gasteiger partial charge in [-0.1, -0.05) is 0 Å². The Morgan fingerprint density at radius 1 is 0.909 bits per heavy atom. The van der Waals surface area contributed by atoms with Crippen LogP contribution in [0.4, 0.5) is 0 Å². The molecule has 5 heteroatoms. The summed E-state index contributed by atoms with van der Waals surface area (Å²) in [6.07, 6.45) is -5.99. The molecule has 1 rings (SSSR count). The highest BCUT2D eigenvalue weighted by molar-refractivity contribution is 4.86. The second-order valence-electron chi connectivity index (χ2n) is 2.70. The Morgan fingerprint density at radius 2 is 1.45 bits per heavy atom. The molecule has 4 N–H and O–H groups in total. The van der Waals surface area contributed by atoms with Crippen molar-refractivity contribution in [3.05, 3.63) is 0 Å². The Morgan fingerprint density at radius 3 is 2.00 bits per heavy atom. The number of hydrogen-bond acceptors (Lipinski definition) is 5. The largest absolute Gasteiger partial charge is 0.388 e. The van der Waals surface area contributed by atoms with E-state index in [9.17, 15) is 0 Å². The molecule has 1 fully saturated rings. The third-order valence-electron chi connectivity index (χ3n) is 1.83. The Balaban J connectivity index is 2.63. The maximum absolute atomic E-state index is 9.09. The van der Waals surface area contributed by atoms with Gasteiger partial charge in [0.15, 0.2) is 6.29 Å². The van der Waals surface area contributed by atoms with Gasteiger partial charge in [-0.25, -0.2) is 0 Å². The van der Waals surface area contributed by atoms with Gasteiger partial charge >= 0.3 is 0 Å². The minimum Gasteiger partial charge on any atom is -0.388 e. The van der Waals surface area contributed by atoms with Crippen LogP contribution >= 0.6 is 0 Å². The molecule has 1 aliphatic heterocycles. The van der Waals surface area contributed by atoms with Crippen LogP contribution in [0.15, 0.2) is 0 Å². The fourth-order valence-corrected chi connectivity index (χ4v) is 1.03. The average Bonchev–Trinajstić information content (AvgIpc) is 1.97. The van der Waals surface area contributed by atoms with Gasteiger partial charge in [0.2, 0.25) is 0 Å². The smallest absolute Gasteiger partial charge is 0.183 e. The second kappa shape index (κ2) is 3.04. The van der Waals surface area contributed by atoms with Crippen LogP contribution in [0.2, 0.25) is 0 Å². The lowest BCUT2D eigenvalue weighted by molar-refractivity contribution is -0.277. The van der Waals surface area contributed by atoms with E-state index >= 15 is 0 Å². The molecule has 0 bridgehead atoms. The fraction of sp³-hybridized carbons (Fsp3) is 1.00. The summed E-state index contributed by atoms with van der Waals surface area (Å²) in [4.78, 5) is 0. The Labute approximate surface area is 63.8 Å². The summed E-state index contributed by atoms with van der Waals surface area (Å²) in [7, 11) is 0. The predicted molar refractivity (Wildman–Crippen MR) is 34.6 cm³/mol. The minimum atomic E-state index is -1.43. The molecule has 0 spiro atoms. The molecule has 0 saturated carbocycles. The first kappa shape index (κ1) is 8.89. The van der Waals surface area contributed by atoms with Gasteiger partial charge in [0.1, 0.15) is 18.3 Å². The number of aliphatic hydroxyl groups is 4. The summed E-state index contributed by atoms with van der Waals surface area (Å²) < 4.78 is 4.68. The lowest BCUT2D eigenvalue weighted by Gasteiger charge is -2.36. The number of hydrogen-bond donors (Lipinski definition) is 4. The quantitative estimate of drug-likeness (QED) is 0.326. The molecule has 5 nitrogen and oxygen atoms in total. The van der Waals surface area contributed by atoms with Crippen molar-refractivity contribution < 1.29 is 25.2 Å². The monoisotopic (exact) mass is 164 g/mol. The van der Waals surface area contributed by atoms with Gasteiger partial charge in [-0.15, -0.1) is 0 Å². The molecule has 0 radical (unpaired) electrons. The van der Waals surface area contributed by atoms with E-state index in [0.717, 1.165) is 0 Å². The molecule has 0 amide bonds. The van der Waals surface area contributed by atoms with Gasteiger partial charge in [-0.05, 0) is 6.92 Å². The van der Waals surface area contributed by atoms with E-state index in [1.54, 1.807) is 0 Å². The van der Waals surface area contributed by atoms with Gasteiger partial charge in [-0.2, -0.15) is 0 Å². The highest BCUT2D eigenvalue weighted by Gasteiger charge is 2.40. The molecular weight excluding hydrogens is 152 g/mol. The Bertz CT molecular complexity index is 125. The van der Waals surface area contributed by atoms with Gasteiger partial charge in [0.05, 0.1) is 6.10 Å². The first-order chi connectivity index (χ1) is 5.04. The van der Waals surface area contributed by atoms with E-state index in [-0.39, 0.29) is 0 Å². The maximum Gasteiger partial charge on any atom is 0.183 e. The van der Waals surface area contributed by atoms with Crippen LogP contribution in [0.1, 0.15) is 6.92 Å². The van der Waals surface area contributed by atoms with Crippen LogP contribution in [-0.4, -0.2) is 51.1 Å². The lowest BCUT2D eigenvalue weighted by Crippen LogP contribution is -2.56. The normalized spacial score (nSPS) is 52.6. The van der Waals surface area contributed by atoms with Crippen molar-refractivity contribution in [1.29, 1.82) is 0 Å². The molecule has 1 saturated heterocycles. The molecular formula is C6H12O5. The maximum atomic E-state index is 9.09. The molecule has 1 heterocycles. The SMILES string of the molecule is CC1OC(O)[C@H](O)[C@@H](O)[C@H]1O. The van der Waals surface area contributed by atoms with Crippen LogP contribution in [-0.2, 0) is 4.74 Å². The molecule has 0 aromatic rings. The topological polar surface area (TPSA) is 90.2 Å². The Hall–Kier alpha value is -0.200. The number of rotatable bonds is 0. The van der Waals surface area contributed by atoms with Gasteiger partial charge in [0.25, 0.3) is 0 Å². The summed E-state index contributed by atoms with van der Waals surface area (Å²) in [5, 5.41) is 36.0. The third-order valence-corrected chi connectivity index (χ3v) is 1.83. The van der Waals surface area contributed by atoms with Crippen LogP contribution in [0.3, 0.4) is 0 Å². The number of ether oxygens (including phenoxy) is 1. The van der Waals surface area contributed by atoms with E-state index in [1.165, 1.54) is 6.92 Å². The molecule has 2 unspecified atom stereocenters. The van der Waals surface area contributed by atoms with E-state index in [2.05, 4.69) is 4.74 Å². The highest BCUT2D eigenvalue weighted by atomic mass is 16.6. The van der Waals surface area contributed by atoms with Gasteiger partial charge < -0.3 is 25.2 Å². The van der Waals surface area contributed by atoms with E-state index in [1.807, 2.05) is 0 Å². The van der Waals surface area contributed by atoms with Crippen LogP contribution in [0, 0.1) is 0 Å². The van der Waals surface area contributed by atoms with Crippen LogP contribution < -0.4 is 0 Å². The lowest BCUT2D eigenvalue weighted by atomic mass is 10.0. The second-order valence-corrected chi connectivity index (χ2v) is 2.70. The van der Waals surface area contributed by atoms with E-state index in [4.69, 9.17) is 20.4 Å². The van der Waals surface area contributed by atoms with Crippen molar-refractivity contribution in [3.63, 3.8) is 0 Å². The van der Waals surface area contributed by atoms with E-state index in [0.29, 0.717) is 0 Å². The van der Waals surface area contributed by atoms with Crippen LogP contribution in [0.25, 0.3) is 0 Å². The highest BCUT2D eigenvalue weighted by Crippen LogP contribution is 2.18. The molecule has 1 aliphatic rings. The van der Waals surface area contributed by atoms with Gasteiger partial charge in [-0.3, -0.25) is 0 Å². The predicted octanol–water partition coefficient (Wildman–Crippen LogP) is -2.19. The minimum absolute atomic E-state index is 0.664. The molecule has 0 aliphatic carbocycles. The summed E-state index contributed by atoms with van der Waals surface area (Å²) >= 11 is 0. The average molecular weight is 164 g/mol.